The number of hydrogen-bond donors (Lipinski definition) is 2. The van der Waals surface area contributed by atoms with Gasteiger partial charge in [-0.3, -0.25) is 14.6 Å². The van der Waals surface area contributed by atoms with Crippen LogP contribution in [-0.2, 0) is 15.8 Å². The van der Waals surface area contributed by atoms with Gasteiger partial charge in [0.15, 0.2) is 0 Å². The lowest BCUT2D eigenvalue weighted by Crippen LogP contribution is -2.33. The van der Waals surface area contributed by atoms with Crippen LogP contribution in [0.3, 0.4) is 0 Å². The van der Waals surface area contributed by atoms with Crippen LogP contribution in [0.4, 0.5) is 18.9 Å². The van der Waals surface area contributed by atoms with Gasteiger partial charge in [0.25, 0.3) is 0 Å². The summed E-state index contributed by atoms with van der Waals surface area (Å²) in [6, 6.07) is 5.67. The molecular weight excluding hydrogens is 373 g/mol. The fourth-order valence-electron chi connectivity index (χ4n) is 1.82. The van der Waals surface area contributed by atoms with E-state index in [1.54, 1.807) is 19.1 Å². The minimum atomic E-state index is -4.61. The monoisotopic (exact) mass is 384 g/mol. The van der Waals surface area contributed by atoms with Gasteiger partial charge in [0.1, 0.15) is 0 Å². The van der Waals surface area contributed by atoms with E-state index in [0.29, 0.717) is 17.3 Å². The van der Waals surface area contributed by atoms with Crippen LogP contribution in [0, 0.1) is 0 Å². The Morgan fingerprint density at radius 3 is 2.38 bits per heavy atom. The third-order valence-electron chi connectivity index (χ3n) is 3.17. The standard InChI is InChI=1S/C16H12ClF3N4O2/c1-9(10-4-6-21-7-5-10)23-24-15(26)14(25)22-13-8-11(16(18,19)20)2-3-12(13)17/h2-8H,1H3,(H,22,25)(H,24,26). The first-order valence-corrected chi connectivity index (χ1v) is 7.49. The van der Waals surface area contributed by atoms with Gasteiger partial charge >= 0.3 is 18.0 Å². The molecule has 0 aliphatic carbocycles. The summed E-state index contributed by atoms with van der Waals surface area (Å²) in [7, 11) is 0. The van der Waals surface area contributed by atoms with E-state index in [1.807, 2.05) is 10.7 Å². The minimum absolute atomic E-state index is 0.143. The molecule has 1 heterocycles. The van der Waals surface area contributed by atoms with Crippen molar-refractivity contribution in [1.82, 2.24) is 10.4 Å². The number of benzene rings is 1. The number of carbonyl (C=O) groups excluding carboxylic acids is 2. The molecule has 2 aromatic rings. The molecule has 2 amide bonds. The highest BCUT2D eigenvalue weighted by atomic mass is 35.5. The molecule has 0 unspecified atom stereocenters. The molecule has 0 fully saturated rings. The van der Waals surface area contributed by atoms with Gasteiger partial charge in [-0.15, -0.1) is 0 Å². The number of nitrogens with zero attached hydrogens (tertiary/aromatic N) is 2. The molecule has 2 rings (SSSR count). The summed E-state index contributed by atoms with van der Waals surface area (Å²) in [5.41, 5.74) is 1.75. The Morgan fingerprint density at radius 1 is 1.12 bits per heavy atom. The largest absolute Gasteiger partial charge is 0.416 e. The molecule has 0 bridgehead atoms. The Balaban J connectivity index is 2.07. The number of carbonyl (C=O) groups is 2. The molecule has 0 saturated carbocycles. The lowest BCUT2D eigenvalue weighted by molar-refractivity contribution is -0.137. The van der Waals surface area contributed by atoms with Gasteiger partial charge < -0.3 is 5.32 Å². The van der Waals surface area contributed by atoms with Crippen LogP contribution < -0.4 is 10.7 Å². The van der Waals surface area contributed by atoms with Crippen molar-refractivity contribution in [2.45, 2.75) is 13.1 Å². The number of pyridine rings is 1. The van der Waals surface area contributed by atoms with Crippen molar-refractivity contribution in [3.8, 4) is 0 Å². The van der Waals surface area contributed by atoms with Gasteiger partial charge in [0, 0.05) is 18.0 Å². The molecule has 0 aliphatic rings. The summed E-state index contributed by atoms with van der Waals surface area (Å²) in [5.74, 6) is -2.37. The molecule has 0 saturated heterocycles. The molecule has 0 spiro atoms. The zero-order valence-corrected chi connectivity index (χ0v) is 14.0. The molecule has 1 aromatic heterocycles. The SMILES string of the molecule is CC(=NNC(=O)C(=O)Nc1cc(C(F)(F)F)ccc1Cl)c1ccncc1. The predicted molar refractivity (Wildman–Crippen MR) is 89.7 cm³/mol. The molecule has 0 atom stereocenters. The van der Waals surface area contributed by atoms with Crippen LogP contribution in [-0.4, -0.2) is 22.5 Å². The summed E-state index contributed by atoms with van der Waals surface area (Å²) < 4.78 is 38.1. The average Bonchev–Trinajstić information content (AvgIpc) is 2.60. The fourth-order valence-corrected chi connectivity index (χ4v) is 1.98. The maximum atomic E-state index is 12.7. The molecular formula is C16H12ClF3N4O2. The van der Waals surface area contributed by atoms with Crippen LogP contribution >= 0.6 is 11.6 Å². The van der Waals surface area contributed by atoms with Crippen molar-refractivity contribution in [3.05, 3.63) is 58.9 Å². The molecule has 0 aliphatic heterocycles. The second-order valence-electron chi connectivity index (χ2n) is 5.02. The minimum Gasteiger partial charge on any atom is -0.316 e. The lowest BCUT2D eigenvalue weighted by Gasteiger charge is -2.11. The van der Waals surface area contributed by atoms with Gasteiger partial charge in [-0.2, -0.15) is 18.3 Å². The van der Waals surface area contributed by atoms with Crippen molar-refractivity contribution in [2.24, 2.45) is 5.10 Å². The zero-order valence-electron chi connectivity index (χ0n) is 13.3. The fraction of sp³-hybridized carbons (Fsp3) is 0.125. The Morgan fingerprint density at radius 2 is 1.77 bits per heavy atom. The van der Waals surface area contributed by atoms with Crippen molar-refractivity contribution in [3.63, 3.8) is 0 Å². The van der Waals surface area contributed by atoms with Crippen LogP contribution in [0.1, 0.15) is 18.1 Å². The Hall–Kier alpha value is -2.94. The molecule has 6 nitrogen and oxygen atoms in total. The maximum absolute atomic E-state index is 12.7. The number of hydrazone groups is 1. The highest BCUT2D eigenvalue weighted by Gasteiger charge is 2.31. The third kappa shape index (κ3) is 5.03. The quantitative estimate of drug-likeness (QED) is 0.484. The van der Waals surface area contributed by atoms with E-state index in [0.717, 1.165) is 12.1 Å². The van der Waals surface area contributed by atoms with Crippen LogP contribution in [0.2, 0.25) is 5.02 Å². The van der Waals surface area contributed by atoms with Crippen molar-refractivity contribution >= 4 is 34.8 Å². The van der Waals surface area contributed by atoms with Crippen molar-refractivity contribution in [2.75, 3.05) is 5.32 Å². The smallest absolute Gasteiger partial charge is 0.316 e. The first kappa shape index (κ1) is 19.4. The van der Waals surface area contributed by atoms with E-state index in [9.17, 15) is 22.8 Å². The average molecular weight is 385 g/mol. The number of amides is 2. The summed E-state index contributed by atoms with van der Waals surface area (Å²) in [5, 5.41) is 5.63. The summed E-state index contributed by atoms with van der Waals surface area (Å²) in [6.45, 7) is 1.59. The number of rotatable bonds is 3. The third-order valence-corrected chi connectivity index (χ3v) is 3.50. The second-order valence-corrected chi connectivity index (χ2v) is 5.43. The van der Waals surface area contributed by atoms with Gasteiger partial charge in [0.05, 0.1) is 22.0 Å². The first-order chi connectivity index (χ1) is 12.2. The number of anilines is 1. The highest BCUT2D eigenvalue weighted by molar-refractivity contribution is 6.41. The van der Waals surface area contributed by atoms with Gasteiger partial charge in [-0.05, 0) is 37.3 Å². The molecule has 26 heavy (non-hydrogen) atoms. The van der Waals surface area contributed by atoms with Crippen molar-refractivity contribution in [1.29, 1.82) is 0 Å². The Labute approximate surface area is 151 Å². The van der Waals surface area contributed by atoms with Crippen LogP contribution in [0.15, 0.2) is 47.8 Å². The van der Waals surface area contributed by atoms with E-state index in [-0.39, 0.29) is 10.7 Å². The van der Waals surface area contributed by atoms with Crippen LogP contribution in [0.5, 0.6) is 0 Å². The Bertz CT molecular complexity index is 854. The van der Waals surface area contributed by atoms with E-state index < -0.39 is 23.6 Å². The normalized spacial score (nSPS) is 11.8. The van der Waals surface area contributed by atoms with Gasteiger partial charge in [-0.25, -0.2) is 5.43 Å². The second kappa shape index (κ2) is 7.96. The Kier molecular flexibility index (Phi) is 5.93. The summed E-state index contributed by atoms with van der Waals surface area (Å²) in [6.07, 6.45) is -1.56. The molecule has 10 heteroatoms. The number of halogens is 4. The number of aromatic nitrogens is 1. The predicted octanol–water partition coefficient (Wildman–Crippen LogP) is 3.23. The molecule has 0 radical (unpaired) electrons. The topological polar surface area (TPSA) is 83.5 Å². The zero-order chi connectivity index (χ0) is 19.3. The summed E-state index contributed by atoms with van der Waals surface area (Å²) in [4.78, 5) is 27.4. The maximum Gasteiger partial charge on any atom is 0.416 e. The number of hydrogen-bond acceptors (Lipinski definition) is 4. The number of alkyl halides is 3. The summed E-state index contributed by atoms with van der Waals surface area (Å²) >= 11 is 5.76. The lowest BCUT2D eigenvalue weighted by atomic mass is 10.2. The van der Waals surface area contributed by atoms with Crippen LogP contribution in [0.25, 0.3) is 0 Å². The van der Waals surface area contributed by atoms with Gasteiger partial charge in [-0.1, -0.05) is 11.6 Å². The van der Waals surface area contributed by atoms with E-state index in [2.05, 4.69) is 10.1 Å². The van der Waals surface area contributed by atoms with E-state index in [1.165, 1.54) is 12.4 Å². The highest BCUT2D eigenvalue weighted by Crippen LogP contribution is 2.33. The molecule has 136 valence electrons. The van der Waals surface area contributed by atoms with E-state index in [4.69, 9.17) is 11.6 Å². The first-order valence-electron chi connectivity index (χ1n) is 7.11. The molecule has 1 aromatic carbocycles. The van der Waals surface area contributed by atoms with E-state index >= 15 is 0 Å². The van der Waals surface area contributed by atoms with Crippen molar-refractivity contribution < 1.29 is 22.8 Å². The molecule has 2 N–H and O–H groups in total. The van der Waals surface area contributed by atoms with Gasteiger partial charge in [0.2, 0.25) is 0 Å². The number of nitrogens with one attached hydrogen (secondary N) is 2.